The summed E-state index contributed by atoms with van der Waals surface area (Å²) in [6, 6.07) is 3.38. The van der Waals surface area contributed by atoms with Crippen molar-refractivity contribution in [2.45, 2.75) is 18.6 Å². The molecule has 0 spiro atoms. The van der Waals surface area contributed by atoms with Crippen molar-refractivity contribution in [2.75, 3.05) is 16.8 Å². The fraction of sp³-hybridized carbons (Fsp3) is 0.417. The van der Waals surface area contributed by atoms with Crippen molar-refractivity contribution in [3.63, 3.8) is 0 Å². The molecular formula is C12H12F3NO2S. The van der Waals surface area contributed by atoms with Crippen LogP contribution in [0, 0.1) is 0 Å². The Morgan fingerprint density at radius 3 is 2.68 bits per heavy atom. The summed E-state index contributed by atoms with van der Waals surface area (Å²) in [6.45, 7) is 0. The Morgan fingerprint density at radius 1 is 1.42 bits per heavy atom. The molecule has 1 atom stereocenters. The summed E-state index contributed by atoms with van der Waals surface area (Å²) >= 11 is 1.74. The van der Waals surface area contributed by atoms with Gasteiger partial charge in [0.2, 0.25) is 0 Å². The molecule has 0 aromatic heterocycles. The van der Waals surface area contributed by atoms with Crippen LogP contribution in [-0.2, 0) is 6.18 Å². The van der Waals surface area contributed by atoms with E-state index in [0.29, 0.717) is 5.69 Å². The topological polar surface area (TPSA) is 49.3 Å². The van der Waals surface area contributed by atoms with E-state index >= 15 is 0 Å². The van der Waals surface area contributed by atoms with Crippen LogP contribution in [-0.4, -0.2) is 28.6 Å². The molecule has 0 amide bonds. The summed E-state index contributed by atoms with van der Waals surface area (Å²) in [5.41, 5.74) is -1.53. The second-order valence-corrected chi connectivity index (χ2v) is 5.42. The number of halogens is 3. The predicted molar refractivity (Wildman–Crippen MR) is 67.8 cm³/mol. The zero-order valence-corrected chi connectivity index (χ0v) is 10.6. The van der Waals surface area contributed by atoms with Gasteiger partial charge in [-0.2, -0.15) is 24.9 Å². The minimum absolute atomic E-state index is 0.141. The Bertz CT molecular complexity index is 484. The number of hydrogen-bond acceptors (Lipinski definition) is 3. The van der Waals surface area contributed by atoms with Crippen LogP contribution in [0.2, 0.25) is 0 Å². The van der Waals surface area contributed by atoms with Crippen LogP contribution in [0.25, 0.3) is 0 Å². The minimum Gasteiger partial charge on any atom is -0.478 e. The third kappa shape index (κ3) is 3.34. The summed E-state index contributed by atoms with van der Waals surface area (Å²) in [5, 5.41) is 11.8. The van der Waals surface area contributed by atoms with Crippen LogP contribution < -0.4 is 5.32 Å². The molecule has 1 fully saturated rings. The fourth-order valence-corrected chi connectivity index (χ4v) is 3.09. The molecule has 19 heavy (non-hydrogen) atoms. The minimum atomic E-state index is -4.67. The number of nitrogens with one attached hydrogen (secondary N) is 1. The summed E-state index contributed by atoms with van der Waals surface area (Å²) in [6.07, 6.45) is -3.78. The highest BCUT2D eigenvalue weighted by Crippen LogP contribution is 2.34. The SMILES string of the molecule is O=C(O)c1ccc(NC2CCSC2)cc1C(F)(F)F. The number of aromatic carboxylic acids is 1. The fourth-order valence-electron chi connectivity index (χ4n) is 1.94. The Balaban J connectivity index is 2.29. The molecule has 2 N–H and O–H groups in total. The Morgan fingerprint density at radius 2 is 2.16 bits per heavy atom. The molecule has 0 aliphatic carbocycles. The number of hydrogen-bond donors (Lipinski definition) is 2. The highest BCUT2D eigenvalue weighted by atomic mass is 32.2. The molecule has 1 aromatic rings. The number of carboxylic acid groups (broad SMARTS) is 1. The number of anilines is 1. The zero-order chi connectivity index (χ0) is 14.0. The van der Waals surface area contributed by atoms with Gasteiger partial charge in [0.1, 0.15) is 0 Å². The lowest BCUT2D eigenvalue weighted by atomic mass is 10.1. The van der Waals surface area contributed by atoms with Gasteiger partial charge in [-0.3, -0.25) is 0 Å². The zero-order valence-electron chi connectivity index (χ0n) is 9.83. The van der Waals surface area contributed by atoms with Crippen LogP contribution >= 0.6 is 11.8 Å². The second-order valence-electron chi connectivity index (χ2n) is 4.27. The Kier molecular flexibility index (Phi) is 3.93. The normalized spacial score (nSPS) is 19.4. The first-order chi connectivity index (χ1) is 8.88. The van der Waals surface area contributed by atoms with E-state index in [2.05, 4.69) is 5.32 Å². The Hall–Kier alpha value is -1.37. The molecule has 0 radical (unpaired) electrons. The molecule has 0 bridgehead atoms. The van der Waals surface area contributed by atoms with Crippen molar-refractivity contribution in [2.24, 2.45) is 0 Å². The van der Waals surface area contributed by atoms with E-state index < -0.39 is 23.3 Å². The molecule has 1 heterocycles. The van der Waals surface area contributed by atoms with Crippen LogP contribution in [0.15, 0.2) is 18.2 Å². The molecule has 1 aliphatic heterocycles. The molecule has 3 nitrogen and oxygen atoms in total. The molecule has 104 valence electrons. The highest BCUT2D eigenvalue weighted by molar-refractivity contribution is 7.99. The van der Waals surface area contributed by atoms with E-state index in [4.69, 9.17) is 5.11 Å². The van der Waals surface area contributed by atoms with Gasteiger partial charge >= 0.3 is 12.1 Å². The van der Waals surface area contributed by atoms with Crippen LogP contribution in [0.1, 0.15) is 22.3 Å². The third-order valence-corrected chi connectivity index (χ3v) is 4.02. The van der Waals surface area contributed by atoms with Crippen molar-refractivity contribution in [1.82, 2.24) is 0 Å². The number of rotatable bonds is 3. The van der Waals surface area contributed by atoms with E-state index in [1.54, 1.807) is 11.8 Å². The van der Waals surface area contributed by atoms with Gasteiger partial charge in [-0.15, -0.1) is 0 Å². The molecule has 1 saturated heterocycles. The van der Waals surface area contributed by atoms with Gasteiger partial charge < -0.3 is 10.4 Å². The van der Waals surface area contributed by atoms with E-state index in [0.717, 1.165) is 30.1 Å². The number of carboxylic acids is 1. The first-order valence-corrected chi connectivity index (χ1v) is 6.82. The molecule has 1 aliphatic rings. The largest absolute Gasteiger partial charge is 0.478 e. The number of benzene rings is 1. The number of thioether (sulfide) groups is 1. The van der Waals surface area contributed by atoms with Gasteiger partial charge in [-0.05, 0) is 30.4 Å². The van der Waals surface area contributed by atoms with Crippen molar-refractivity contribution in [1.29, 1.82) is 0 Å². The van der Waals surface area contributed by atoms with Crippen LogP contribution in [0.5, 0.6) is 0 Å². The summed E-state index contributed by atoms with van der Waals surface area (Å²) < 4.78 is 38.4. The average Bonchev–Trinajstić information content (AvgIpc) is 2.80. The lowest BCUT2D eigenvalue weighted by Crippen LogP contribution is -2.19. The molecule has 0 saturated carbocycles. The van der Waals surface area contributed by atoms with E-state index in [1.807, 2.05) is 0 Å². The first-order valence-electron chi connectivity index (χ1n) is 5.67. The molecule has 1 aromatic carbocycles. The molecule has 7 heteroatoms. The molecule has 2 rings (SSSR count). The summed E-state index contributed by atoms with van der Waals surface area (Å²) in [7, 11) is 0. The summed E-state index contributed by atoms with van der Waals surface area (Å²) in [5.74, 6) is 0.259. The van der Waals surface area contributed by atoms with Gasteiger partial charge in [0.15, 0.2) is 0 Å². The van der Waals surface area contributed by atoms with Crippen molar-refractivity contribution in [3.05, 3.63) is 29.3 Å². The van der Waals surface area contributed by atoms with Crippen molar-refractivity contribution < 1.29 is 23.1 Å². The maximum Gasteiger partial charge on any atom is 0.417 e. The van der Waals surface area contributed by atoms with Gasteiger partial charge in [0.05, 0.1) is 11.1 Å². The Labute approximate surface area is 112 Å². The second kappa shape index (κ2) is 5.32. The monoisotopic (exact) mass is 291 g/mol. The number of alkyl halides is 3. The van der Waals surface area contributed by atoms with Gasteiger partial charge in [0, 0.05) is 17.5 Å². The molecule has 1 unspecified atom stereocenters. The van der Waals surface area contributed by atoms with Gasteiger partial charge in [-0.1, -0.05) is 0 Å². The first kappa shape index (κ1) is 14.0. The third-order valence-electron chi connectivity index (χ3n) is 2.86. The standard InChI is InChI=1S/C12H12F3NO2S/c13-12(14,15)10-5-7(1-2-9(10)11(17)18)16-8-3-4-19-6-8/h1-2,5,8,16H,3-4,6H2,(H,17,18). The highest BCUT2D eigenvalue weighted by Gasteiger charge is 2.35. The van der Waals surface area contributed by atoms with E-state index in [1.165, 1.54) is 6.07 Å². The molecular weight excluding hydrogens is 279 g/mol. The van der Waals surface area contributed by atoms with Gasteiger partial charge in [0.25, 0.3) is 0 Å². The van der Waals surface area contributed by atoms with Crippen molar-refractivity contribution >= 4 is 23.4 Å². The van der Waals surface area contributed by atoms with Crippen molar-refractivity contribution in [3.8, 4) is 0 Å². The maximum atomic E-state index is 12.8. The van der Waals surface area contributed by atoms with Crippen LogP contribution in [0.3, 0.4) is 0 Å². The average molecular weight is 291 g/mol. The van der Waals surface area contributed by atoms with E-state index in [9.17, 15) is 18.0 Å². The van der Waals surface area contributed by atoms with Crippen LogP contribution in [0.4, 0.5) is 18.9 Å². The lowest BCUT2D eigenvalue weighted by molar-refractivity contribution is -0.138. The predicted octanol–water partition coefficient (Wildman–Crippen LogP) is 3.32. The quantitative estimate of drug-likeness (QED) is 0.897. The summed E-state index contributed by atoms with van der Waals surface area (Å²) in [4.78, 5) is 10.8. The lowest BCUT2D eigenvalue weighted by Gasteiger charge is -2.16. The number of carbonyl (C=O) groups is 1. The smallest absolute Gasteiger partial charge is 0.417 e. The van der Waals surface area contributed by atoms with E-state index in [-0.39, 0.29) is 6.04 Å². The maximum absolute atomic E-state index is 12.8. The van der Waals surface area contributed by atoms with Gasteiger partial charge in [-0.25, -0.2) is 4.79 Å².